The molecule has 0 aromatic heterocycles. The maximum Gasteiger partial charge on any atom is 0.107 e. The second-order valence-corrected chi connectivity index (χ2v) is 16.2. The molecular weight excluding hydrogens is 520 g/mol. The van der Waals surface area contributed by atoms with Crippen LogP contribution in [0.25, 0.3) is 27.1 Å². The van der Waals surface area contributed by atoms with Crippen LogP contribution in [0.5, 0.6) is 0 Å². The van der Waals surface area contributed by atoms with Gasteiger partial charge in [-0.1, -0.05) is 72.8 Å². The number of fused-ring (bicyclic) bond motifs is 4. The summed E-state index contributed by atoms with van der Waals surface area (Å²) >= 11 is 0. The van der Waals surface area contributed by atoms with Crippen LogP contribution in [0, 0.1) is 16.7 Å². The summed E-state index contributed by atoms with van der Waals surface area (Å²) in [7, 11) is 3.04. The number of hydrogen-bond acceptors (Lipinski definition) is 3. The molecule has 41 heavy (non-hydrogen) atoms. The SMILES string of the molecule is CC1C=CC2=C(c3ccc4c(CC5CC5)c5ccccc5c(CN=O)c4c3)c3ccc(N(C)C)cc3S(C)(C)C2=C1. The number of hydrogen-bond donors (Lipinski definition) is 0. The Morgan fingerprint density at radius 1 is 0.902 bits per heavy atom. The van der Waals surface area contributed by atoms with Crippen LogP contribution in [0.2, 0.25) is 0 Å². The molecular formula is C37H38N2OS. The summed E-state index contributed by atoms with van der Waals surface area (Å²) in [6, 6.07) is 22.6. The number of allylic oxidation sites excluding steroid dienone is 4. The zero-order valence-electron chi connectivity index (χ0n) is 24.7. The molecule has 7 rings (SSSR count). The molecule has 3 nitrogen and oxygen atoms in total. The van der Waals surface area contributed by atoms with Gasteiger partial charge in [0.1, 0.15) is 6.54 Å². The van der Waals surface area contributed by atoms with Gasteiger partial charge in [0.15, 0.2) is 0 Å². The highest BCUT2D eigenvalue weighted by Gasteiger charge is 2.35. The van der Waals surface area contributed by atoms with E-state index < -0.39 is 10.0 Å². The normalized spacial score (nSPS) is 20.0. The number of rotatable bonds is 6. The van der Waals surface area contributed by atoms with Crippen molar-refractivity contribution in [2.75, 3.05) is 31.5 Å². The van der Waals surface area contributed by atoms with Crippen LogP contribution in [0.4, 0.5) is 5.69 Å². The van der Waals surface area contributed by atoms with E-state index in [9.17, 15) is 4.91 Å². The molecule has 0 N–H and O–H groups in total. The molecule has 4 aromatic rings. The summed E-state index contributed by atoms with van der Waals surface area (Å²) in [5.74, 6) is 1.18. The molecule has 0 bridgehead atoms. The topological polar surface area (TPSA) is 32.7 Å². The van der Waals surface area contributed by atoms with Gasteiger partial charge < -0.3 is 4.90 Å². The Labute approximate surface area is 244 Å². The van der Waals surface area contributed by atoms with E-state index in [1.54, 1.807) is 0 Å². The molecule has 1 heterocycles. The minimum atomic E-state index is -1.21. The molecule has 1 saturated carbocycles. The molecule has 4 heteroatoms. The monoisotopic (exact) mass is 558 g/mol. The van der Waals surface area contributed by atoms with Crippen LogP contribution in [-0.4, -0.2) is 26.6 Å². The van der Waals surface area contributed by atoms with Crippen LogP contribution in [0.15, 0.2) is 99.4 Å². The highest BCUT2D eigenvalue weighted by molar-refractivity contribution is 8.36. The van der Waals surface area contributed by atoms with Crippen LogP contribution in [-0.2, 0) is 13.0 Å². The number of nitrogens with zero attached hydrogens (tertiary/aromatic N) is 2. The Bertz CT molecular complexity index is 1840. The van der Waals surface area contributed by atoms with E-state index in [0.717, 1.165) is 17.9 Å². The Balaban J connectivity index is 1.54. The molecule has 208 valence electrons. The zero-order chi connectivity index (χ0) is 28.5. The summed E-state index contributed by atoms with van der Waals surface area (Å²) in [5, 5.41) is 8.32. The molecule has 1 aliphatic heterocycles. The first-order chi connectivity index (χ1) is 19.8. The van der Waals surface area contributed by atoms with Crippen LogP contribution in [0.3, 0.4) is 0 Å². The lowest BCUT2D eigenvalue weighted by atomic mass is 9.85. The van der Waals surface area contributed by atoms with Crippen molar-refractivity contribution in [3.63, 3.8) is 0 Å². The standard InChI is InChI=1S/C37H38N2OS/c1-23-10-15-30-35(18-23)41(4,5)36-21-26(39(2)3)14-17-31(36)37(30)25-13-16-29-32(19-24-11-12-24)27-8-6-7-9-28(27)34(22-38-40)33(29)20-25/h6-10,13-18,20-21,23-24H,11-12,19,22H2,1-5H3. The van der Waals surface area contributed by atoms with E-state index >= 15 is 0 Å². The van der Waals surface area contributed by atoms with Crippen molar-refractivity contribution in [2.24, 2.45) is 17.0 Å². The minimum absolute atomic E-state index is 0.179. The number of nitroso groups, excluding NO2 is 1. The zero-order valence-corrected chi connectivity index (χ0v) is 25.5. The van der Waals surface area contributed by atoms with E-state index in [-0.39, 0.29) is 6.54 Å². The molecule has 0 saturated heterocycles. The lowest BCUT2D eigenvalue weighted by Gasteiger charge is -2.44. The summed E-state index contributed by atoms with van der Waals surface area (Å²) in [4.78, 5) is 16.9. The highest BCUT2D eigenvalue weighted by atomic mass is 32.3. The number of anilines is 1. The Kier molecular flexibility index (Phi) is 6.24. The summed E-state index contributed by atoms with van der Waals surface area (Å²) in [6.07, 6.45) is 15.8. The predicted molar refractivity (Wildman–Crippen MR) is 178 cm³/mol. The first kappa shape index (κ1) is 26.3. The van der Waals surface area contributed by atoms with Gasteiger partial charge in [0.2, 0.25) is 0 Å². The van der Waals surface area contributed by atoms with Crippen LogP contribution >= 0.6 is 10.0 Å². The van der Waals surface area contributed by atoms with Gasteiger partial charge in [0.05, 0.1) is 0 Å². The van der Waals surface area contributed by atoms with Crippen LogP contribution in [0.1, 0.15) is 42.0 Å². The third-order valence-corrected chi connectivity index (χ3v) is 12.2. The van der Waals surface area contributed by atoms with Gasteiger partial charge in [-0.05, 0) is 122 Å². The first-order valence-electron chi connectivity index (χ1n) is 14.7. The molecule has 2 aliphatic carbocycles. The summed E-state index contributed by atoms with van der Waals surface area (Å²) < 4.78 is 0. The Morgan fingerprint density at radius 2 is 1.63 bits per heavy atom. The third-order valence-electron chi connectivity index (χ3n) is 9.31. The second kappa shape index (κ2) is 9.73. The molecule has 0 amide bonds. The smallest absolute Gasteiger partial charge is 0.107 e. The maximum atomic E-state index is 11.8. The average Bonchev–Trinajstić information content (AvgIpc) is 3.79. The van der Waals surface area contributed by atoms with Crippen molar-refractivity contribution in [3.05, 3.63) is 117 Å². The Hall–Kier alpha value is -3.63. The van der Waals surface area contributed by atoms with Gasteiger partial charge in [-0.15, -0.1) is 0 Å². The van der Waals surface area contributed by atoms with Crippen molar-refractivity contribution < 1.29 is 0 Å². The lowest BCUT2D eigenvalue weighted by molar-refractivity contribution is 0.843. The van der Waals surface area contributed by atoms with Gasteiger partial charge in [-0.2, -0.15) is 14.9 Å². The first-order valence-corrected chi connectivity index (χ1v) is 17.2. The van der Waals surface area contributed by atoms with Gasteiger partial charge in [0, 0.05) is 24.7 Å². The fourth-order valence-electron chi connectivity index (χ4n) is 6.94. The summed E-state index contributed by atoms with van der Waals surface area (Å²) in [6.45, 7) is 2.46. The van der Waals surface area contributed by atoms with Crippen LogP contribution < -0.4 is 4.90 Å². The van der Waals surface area contributed by atoms with Crippen molar-refractivity contribution in [1.29, 1.82) is 0 Å². The molecule has 1 atom stereocenters. The molecule has 1 unspecified atom stereocenters. The van der Waals surface area contributed by atoms with E-state index in [0.29, 0.717) is 5.92 Å². The van der Waals surface area contributed by atoms with E-state index in [1.165, 1.54) is 77.7 Å². The Morgan fingerprint density at radius 3 is 2.34 bits per heavy atom. The third kappa shape index (κ3) is 4.26. The van der Waals surface area contributed by atoms with Gasteiger partial charge in [-0.25, -0.2) is 0 Å². The molecule has 0 spiro atoms. The highest BCUT2D eigenvalue weighted by Crippen LogP contribution is 2.66. The van der Waals surface area contributed by atoms with Crippen molar-refractivity contribution in [2.45, 2.75) is 37.6 Å². The minimum Gasteiger partial charge on any atom is -0.378 e. The molecule has 3 aliphatic rings. The average molecular weight is 559 g/mol. The fourth-order valence-corrected chi connectivity index (χ4v) is 9.58. The lowest BCUT2D eigenvalue weighted by Crippen LogP contribution is -2.17. The maximum absolute atomic E-state index is 11.8. The molecule has 0 radical (unpaired) electrons. The van der Waals surface area contributed by atoms with E-state index in [2.05, 4.69) is 122 Å². The predicted octanol–water partition coefficient (Wildman–Crippen LogP) is 9.61. The second-order valence-electron chi connectivity index (χ2n) is 12.6. The van der Waals surface area contributed by atoms with Crippen molar-refractivity contribution in [3.8, 4) is 0 Å². The largest absolute Gasteiger partial charge is 0.378 e. The van der Waals surface area contributed by atoms with Gasteiger partial charge in [-0.3, -0.25) is 0 Å². The van der Waals surface area contributed by atoms with E-state index in [4.69, 9.17) is 0 Å². The van der Waals surface area contributed by atoms with Gasteiger partial charge >= 0.3 is 0 Å². The van der Waals surface area contributed by atoms with Gasteiger partial charge in [0.25, 0.3) is 0 Å². The summed E-state index contributed by atoms with van der Waals surface area (Å²) in [5.41, 5.74) is 8.90. The fraction of sp³-hybridized carbons (Fsp3) is 0.297. The van der Waals surface area contributed by atoms with Crippen molar-refractivity contribution in [1.82, 2.24) is 0 Å². The van der Waals surface area contributed by atoms with Crippen molar-refractivity contribution >= 4 is 42.8 Å². The van der Waals surface area contributed by atoms with E-state index in [1.807, 2.05) is 0 Å². The molecule has 4 aromatic carbocycles. The molecule has 1 fully saturated rings. The quantitative estimate of drug-likeness (QED) is 0.174. The number of benzene rings is 4.